The molecule has 1 atom stereocenters. The van der Waals surface area contributed by atoms with Crippen molar-refractivity contribution in [1.29, 1.82) is 0 Å². The molecule has 0 unspecified atom stereocenters. The highest BCUT2D eigenvalue weighted by Gasteiger charge is 2.24. The maximum Gasteiger partial charge on any atom is 0.224 e. The van der Waals surface area contributed by atoms with Crippen LogP contribution < -0.4 is 5.32 Å². The van der Waals surface area contributed by atoms with Crippen molar-refractivity contribution in [2.24, 2.45) is 5.92 Å². The number of rotatable bonds is 4. The minimum Gasteiger partial charge on any atom is -0.379 e. The Balaban J connectivity index is 1.57. The molecule has 0 aromatic carbocycles. The first-order chi connectivity index (χ1) is 8.31. The Labute approximate surface area is 100 Å². The van der Waals surface area contributed by atoms with Crippen LogP contribution in [0.1, 0.15) is 31.7 Å². The first-order valence-corrected chi connectivity index (χ1v) is 6.23. The van der Waals surface area contributed by atoms with E-state index in [0.717, 1.165) is 25.3 Å². The van der Waals surface area contributed by atoms with Gasteiger partial charge in [0.1, 0.15) is 0 Å². The first-order valence-electron chi connectivity index (χ1n) is 6.23. The van der Waals surface area contributed by atoms with Crippen LogP contribution >= 0.6 is 0 Å². The summed E-state index contributed by atoms with van der Waals surface area (Å²) < 4.78 is 7.20. The molecule has 3 rings (SSSR count). The van der Waals surface area contributed by atoms with E-state index in [-0.39, 0.29) is 5.91 Å². The number of anilines is 1. The minimum atomic E-state index is 0.106. The molecule has 2 aliphatic rings. The van der Waals surface area contributed by atoms with Crippen LogP contribution in [0.5, 0.6) is 0 Å². The SMILES string of the molecule is O=C(CC1CC1)Nc1cnn([C@H]2CCOC2)c1. The Morgan fingerprint density at radius 3 is 3.12 bits per heavy atom. The van der Waals surface area contributed by atoms with Crippen molar-refractivity contribution in [2.75, 3.05) is 18.5 Å². The van der Waals surface area contributed by atoms with E-state index in [9.17, 15) is 4.79 Å². The number of hydrogen-bond acceptors (Lipinski definition) is 3. The monoisotopic (exact) mass is 235 g/mol. The van der Waals surface area contributed by atoms with Crippen molar-refractivity contribution in [3.8, 4) is 0 Å². The Morgan fingerprint density at radius 1 is 1.53 bits per heavy atom. The van der Waals surface area contributed by atoms with E-state index in [0.29, 0.717) is 18.4 Å². The van der Waals surface area contributed by atoms with Gasteiger partial charge in [-0.2, -0.15) is 5.10 Å². The van der Waals surface area contributed by atoms with E-state index in [4.69, 9.17) is 4.74 Å². The molecular formula is C12H17N3O2. The summed E-state index contributed by atoms with van der Waals surface area (Å²) in [5, 5.41) is 7.16. The third-order valence-electron chi connectivity index (χ3n) is 3.34. The second kappa shape index (κ2) is 4.49. The molecule has 17 heavy (non-hydrogen) atoms. The second-order valence-electron chi connectivity index (χ2n) is 4.92. The molecule has 1 aliphatic carbocycles. The maximum atomic E-state index is 11.6. The van der Waals surface area contributed by atoms with Gasteiger partial charge in [0, 0.05) is 19.2 Å². The van der Waals surface area contributed by atoms with Gasteiger partial charge in [0.2, 0.25) is 5.91 Å². The smallest absolute Gasteiger partial charge is 0.224 e. The number of hydrogen-bond donors (Lipinski definition) is 1. The predicted molar refractivity (Wildman–Crippen MR) is 62.7 cm³/mol. The Kier molecular flexibility index (Phi) is 2.84. The van der Waals surface area contributed by atoms with E-state index in [1.807, 2.05) is 10.9 Å². The molecule has 92 valence electrons. The summed E-state index contributed by atoms with van der Waals surface area (Å²) in [4.78, 5) is 11.6. The number of carbonyl (C=O) groups is 1. The zero-order valence-electron chi connectivity index (χ0n) is 9.76. The highest BCUT2D eigenvalue weighted by molar-refractivity contribution is 5.90. The van der Waals surface area contributed by atoms with Crippen LogP contribution in [0.25, 0.3) is 0 Å². The summed E-state index contributed by atoms with van der Waals surface area (Å²) >= 11 is 0. The standard InChI is InChI=1S/C12H17N3O2/c16-12(5-9-1-2-9)14-10-6-13-15(7-10)11-3-4-17-8-11/h6-7,9,11H,1-5,8H2,(H,14,16)/t11-/m0/s1. The van der Waals surface area contributed by atoms with Crippen LogP contribution in [-0.2, 0) is 9.53 Å². The molecule has 1 N–H and O–H groups in total. The van der Waals surface area contributed by atoms with Crippen LogP contribution in [0.15, 0.2) is 12.4 Å². The largest absolute Gasteiger partial charge is 0.379 e. The lowest BCUT2D eigenvalue weighted by molar-refractivity contribution is -0.116. The summed E-state index contributed by atoms with van der Waals surface area (Å²) in [6.07, 6.45) is 7.65. The van der Waals surface area contributed by atoms with Crippen molar-refractivity contribution in [3.63, 3.8) is 0 Å². The normalized spacial score (nSPS) is 23.9. The zero-order chi connectivity index (χ0) is 11.7. The fourth-order valence-corrected chi connectivity index (χ4v) is 2.13. The number of nitrogens with one attached hydrogen (secondary N) is 1. The first kappa shape index (κ1) is 10.8. The lowest BCUT2D eigenvalue weighted by atomic mass is 10.3. The molecule has 5 heteroatoms. The molecule has 1 aliphatic heterocycles. The summed E-state index contributed by atoms with van der Waals surface area (Å²) in [7, 11) is 0. The van der Waals surface area contributed by atoms with Gasteiger partial charge < -0.3 is 10.1 Å². The lowest BCUT2D eigenvalue weighted by Gasteiger charge is -2.06. The number of carbonyl (C=O) groups excluding carboxylic acids is 1. The average molecular weight is 235 g/mol. The van der Waals surface area contributed by atoms with Crippen LogP contribution in [0.4, 0.5) is 5.69 Å². The quantitative estimate of drug-likeness (QED) is 0.862. The molecule has 0 spiro atoms. The third kappa shape index (κ3) is 2.66. The highest BCUT2D eigenvalue weighted by Crippen LogP contribution is 2.32. The van der Waals surface area contributed by atoms with E-state index < -0.39 is 0 Å². The predicted octanol–water partition coefficient (Wildman–Crippen LogP) is 1.58. The molecule has 2 fully saturated rings. The number of amides is 1. The van der Waals surface area contributed by atoms with Crippen LogP contribution in [0.2, 0.25) is 0 Å². The lowest BCUT2D eigenvalue weighted by Crippen LogP contribution is -2.12. The highest BCUT2D eigenvalue weighted by atomic mass is 16.5. The summed E-state index contributed by atoms with van der Waals surface area (Å²) in [6, 6.07) is 0.323. The molecule has 0 radical (unpaired) electrons. The van der Waals surface area contributed by atoms with Crippen molar-refractivity contribution < 1.29 is 9.53 Å². The van der Waals surface area contributed by atoms with Crippen molar-refractivity contribution in [3.05, 3.63) is 12.4 Å². The van der Waals surface area contributed by atoms with Gasteiger partial charge in [-0.25, -0.2) is 0 Å². The van der Waals surface area contributed by atoms with Gasteiger partial charge in [0.15, 0.2) is 0 Å². The van der Waals surface area contributed by atoms with Gasteiger partial charge in [-0.15, -0.1) is 0 Å². The Morgan fingerprint density at radius 2 is 2.41 bits per heavy atom. The van der Waals surface area contributed by atoms with E-state index in [1.165, 1.54) is 12.8 Å². The third-order valence-corrected chi connectivity index (χ3v) is 3.34. The molecule has 1 saturated carbocycles. The van der Waals surface area contributed by atoms with Gasteiger partial charge >= 0.3 is 0 Å². The minimum absolute atomic E-state index is 0.106. The van der Waals surface area contributed by atoms with Crippen LogP contribution in [0, 0.1) is 5.92 Å². The van der Waals surface area contributed by atoms with Gasteiger partial charge in [0.25, 0.3) is 0 Å². The van der Waals surface area contributed by atoms with E-state index in [1.54, 1.807) is 6.20 Å². The fraction of sp³-hybridized carbons (Fsp3) is 0.667. The Bertz CT molecular complexity index is 406. The zero-order valence-corrected chi connectivity index (χ0v) is 9.76. The summed E-state index contributed by atoms with van der Waals surface area (Å²) in [6.45, 7) is 1.52. The Hall–Kier alpha value is -1.36. The molecular weight excluding hydrogens is 218 g/mol. The fourth-order valence-electron chi connectivity index (χ4n) is 2.13. The second-order valence-corrected chi connectivity index (χ2v) is 4.92. The van der Waals surface area contributed by atoms with Crippen molar-refractivity contribution in [1.82, 2.24) is 9.78 Å². The molecule has 2 heterocycles. The molecule has 1 aromatic heterocycles. The van der Waals surface area contributed by atoms with Gasteiger partial charge in [-0.1, -0.05) is 0 Å². The topological polar surface area (TPSA) is 56.2 Å². The van der Waals surface area contributed by atoms with Crippen molar-refractivity contribution in [2.45, 2.75) is 31.7 Å². The molecule has 5 nitrogen and oxygen atoms in total. The number of ether oxygens (including phenoxy) is 1. The van der Waals surface area contributed by atoms with Crippen LogP contribution in [0.3, 0.4) is 0 Å². The van der Waals surface area contributed by atoms with E-state index >= 15 is 0 Å². The molecule has 1 aromatic rings. The van der Waals surface area contributed by atoms with Crippen molar-refractivity contribution >= 4 is 11.6 Å². The number of nitrogens with zero attached hydrogens (tertiary/aromatic N) is 2. The number of aromatic nitrogens is 2. The maximum absolute atomic E-state index is 11.6. The van der Waals surface area contributed by atoms with Gasteiger partial charge in [0.05, 0.1) is 24.5 Å². The average Bonchev–Trinajstić information content (AvgIpc) is 2.84. The summed E-state index contributed by atoms with van der Waals surface area (Å²) in [5.41, 5.74) is 0.794. The molecule has 1 amide bonds. The summed E-state index contributed by atoms with van der Waals surface area (Å²) in [5.74, 6) is 0.725. The van der Waals surface area contributed by atoms with E-state index in [2.05, 4.69) is 10.4 Å². The van der Waals surface area contributed by atoms with Gasteiger partial charge in [-0.05, 0) is 25.2 Å². The molecule has 1 saturated heterocycles. The van der Waals surface area contributed by atoms with Crippen LogP contribution in [-0.4, -0.2) is 28.9 Å². The molecule has 0 bridgehead atoms. The van der Waals surface area contributed by atoms with Gasteiger partial charge in [-0.3, -0.25) is 9.48 Å².